The Morgan fingerprint density at radius 3 is 2.79 bits per heavy atom. The summed E-state index contributed by atoms with van der Waals surface area (Å²) < 4.78 is 24.7. The first kappa shape index (κ1) is 17.2. The Hall–Kier alpha value is -1.66. The molecule has 0 saturated heterocycles. The van der Waals surface area contributed by atoms with Gasteiger partial charge >= 0.3 is 0 Å². The average Bonchev–Trinajstić information content (AvgIpc) is 2.53. The molecule has 7 heteroatoms. The first-order chi connectivity index (χ1) is 11.4. The number of hydrogen-bond acceptors (Lipinski definition) is 5. The average molecular weight is 366 g/mol. The second-order valence-electron chi connectivity index (χ2n) is 6.37. The van der Waals surface area contributed by atoms with Gasteiger partial charge in [-0.1, -0.05) is 37.6 Å². The van der Waals surface area contributed by atoms with Crippen molar-refractivity contribution in [2.75, 3.05) is 11.1 Å². The fourth-order valence-corrected chi connectivity index (χ4v) is 4.81. The van der Waals surface area contributed by atoms with Crippen LogP contribution in [0.1, 0.15) is 37.4 Å². The molecule has 1 aliphatic heterocycles. The standard InChI is InChI=1S/C17H20ClN3O2S/c1-11(2)16(21-17-14(18)9-19-10-20-17)13-6-5-12-4-3-7-24(22,23)15(12)8-13/h5-6,8-11,16H,3-4,7H2,1-2H3,(H,19,20,21)/t16-/m0/s1. The summed E-state index contributed by atoms with van der Waals surface area (Å²) in [7, 11) is -3.18. The Morgan fingerprint density at radius 2 is 2.08 bits per heavy atom. The number of rotatable bonds is 4. The topological polar surface area (TPSA) is 72.0 Å². The smallest absolute Gasteiger partial charge is 0.178 e. The second-order valence-corrected chi connectivity index (χ2v) is 8.86. The van der Waals surface area contributed by atoms with Crippen molar-refractivity contribution in [3.05, 3.63) is 46.9 Å². The second kappa shape index (κ2) is 6.69. The number of nitrogens with zero attached hydrogens (tertiary/aromatic N) is 2. The molecular weight excluding hydrogens is 346 g/mol. The van der Waals surface area contributed by atoms with Crippen molar-refractivity contribution in [3.63, 3.8) is 0 Å². The van der Waals surface area contributed by atoms with Crippen molar-refractivity contribution in [1.29, 1.82) is 0 Å². The third kappa shape index (κ3) is 3.39. The maximum Gasteiger partial charge on any atom is 0.178 e. The van der Waals surface area contributed by atoms with E-state index in [0.29, 0.717) is 22.2 Å². The molecule has 1 N–H and O–H groups in total. The van der Waals surface area contributed by atoms with Crippen LogP contribution in [0.25, 0.3) is 0 Å². The lowest BCUT2D eigenvalue weighted by Crippen LogP contribution is -2.21. The molecule has 5 nitrogen and oxygen atoms in total. The maximum atomic E-state index is 12.4. The van der Waals surface area contributed by atoms with Crippen LogP contribution in [-0.4, -0.2) is 24.1 Å². The molecule has 128 valence electrons. The Labute approximate surface area is 147 Å². The zero-order valence-corrected chi connectivity index (χ0v) is 15.2. The molecule has 0 radical (unpaired) electrons. The summed E-state index contributed by atoms with van der Waals surface area (Å²) in [6.07, 6.45) is 4.47. The molecule has 24 heavy (non-hydrogen) atoms. The van der Waals surface area contributed by atoms with Crippen molar-refractivity contribution in [2.24, 2.45) is 5.92 Å². The summed E-state index contributed by atoms with van der Waals surface area (Å²) >= 11 is 6.14. The van der Waals surface area contributed by atoms with Crippen molar-refractivity contribution >= 4 is 27.3 Å². The van der Waals surface area contributed by atoms with Gasteiger partial charge in [-0.2, -0.15) is 0 Å². The van der Waals surface area contributed by atoms with E-state index in [0.717, 1.165) is 17.5 Å². The van der Waals surface area contributed by atoms with E-state index in [1.807, 2.05) is 12.1 Å². The molecule has 0 fully saturated rings. The lowest BCUT2D eigenvalue weighted by molar-refractivity contribution is 0.542. The summed E-state index contributed by atoms with van der Waals surface area (Å²) in [5.74, 6) is 0.993. The molecule has 0 amide bonds. The summed E-state index contributed by atoms with van der Waals surface area (Å²) in [6.45, 7) is 4.14. The number of nitrogens with one attached hydrogen (secondary N) is 1. The predicted octanol–water partition coefficient (Wildman–Crippen LogP) is 3.66. The molecule has 2 aromatic rings. The van der Waals surface area contributed by atoms with Crippen molar-refractivity contribution < 1.29 is 8.42 Å². The number of anilines is 1. The van der Waals surface area contributed by atoms with Crippen LogP contribution in [0.4, 0.5) is 5.82 Å². The highest BCUT2D eigenvalue weighted by atomic mass is 35.5. The molecule has 3 rings (SSSR count). The molecule has 0 bridgehead atoms. The molecule has 0 aliphatic carbocycles. The predicted molar refractivity (Wildman–Crippen MR) is 95.1 cm³/mol. The first-order valence-corrected chi connectivity index (χ1v) is 9.99. The zero-order valence-electron chi connectivity index (χ0n) is 13.7. The van der Waals surface area contributed by atoms with E-state index < -0.39 is 9.84 Å². The van der Waals surface area contributed by atoms with E-state index >= 15 is 0 Å². The normalized spacial score (nSPS) is 17.3. The zero-order chi connectivity index (χ0) is 17.3. The van der Waals surface area contributed by atoms with Gasteiger partial charge in [-0.15, -0.1) is 0 Å². The summed E-state index contributed by atoms with van der Waals surface area (Å²) in [5.41, 5.74) is 1.83. The Kier molecular flexibility index (Phi) is 4.78. The number of aryl methyl sites for hydroxylation is 1. The number of halogens is 1. The number of benzene rings is 1. The maximum absolute atomic E-state index is 12.4. The molecule has 0 saturated carbocycles. The SMILES string of the molecule is CC(C)[C@H](Nc1ncncc1Cl)c1ccc2c(c1)S(=O)(=O)CCC2. The van der Waals surface area contributed by atoms with Gasteiger partial charge in [-0.05, 0) is 36.0 Å². The monoisotopic (exact) mass is 365 g/mol. The third-order valence-corrected chi connectivity index (χ3v) is 6.42. The highest BCUT2D eigenvalue weighted by Crippen LogP contribution is 2.33. The Balaban J connectivity index is 2.00. The van der Waals surface area contributed by atoms with Gasteiger partial charge in [0.15, 0.2) is 9.84 Å². The van der Waals surface area contributed by atoms with Gasteiger partial charge in [-0.25, -0.2) is 18.4 Å². The first-order valence-electron chi connectivity index (χ1n) is 7.96. The lowest BCUT2D eigenvalue weighted by atomic mass is 9.94. The number of aromatic nitrogens is 2. The minimum atomic E-state index is -3.18. The van der Waals surface area contributed by atoms with E-state index in [4.69, 9.17) is 11.6 Å². The van der Waals surface area contributed by atoms with Crippen LogP contribution in [0, 0.1) is 5.92 Å². The Morgan fingerprint density at radius 1 is 1.29 bits per heavy atom. The minimum absolute atomic E-state index is 0.0974. The van der Waals surface area contributed by atoms with E-state index in [9.17, 15) is 8.42 Å². The number of hydrogen-bond donors (Lipinski definition) is 1. The van der Waals surface area contributed by atoms with Gasteiger partial charge < -0.3 is 5.32 Å². The van der Waals surface area contributed by atoms with Crippen molar-refractivity contribution in [1.82, 2.24) is 9.97 Å². The Bertz CT molecular complexity index is 853. The van der Waals surface area contributed by atoms with Gasteiger partial charge in [0.05, 0.1) is 22.9 Å². The fraction of sp³-hybridized carbons (Fsp3) is 0.412. The van der Waals surface area contributed by atoms with E-state index in [1.54, 1.807) is 6.07 Å². The van der Waals surface area contributed by atoms with E-state index in [2.05, 4.69) is 29.1 Å². The summed E-state index contributed by atoms with van der Waals surface area (Å²) in [6, 6.07) is 5.63. The van der Waals surface area contributed by atoms with Gasteiger partial charge in [0.1, 0.15) is 17.2 Å². The molecule has 1 aromatic heterocycles. The van der Waals surface area contributed by atoms with E-state index in [1.165, 1.54) is 12.5 Å². The van der Waals surface area contributed by atoms with Crippen molar-refractivity contribution in [3.8, 4) is 0 Å². The molecule has 1 aliphatic rings. The fourth-order valence-electron chi connectivity index (χ4n) is 3.02. The number of fused-ring (bicyclic) bond motifs is 1. The van der Waals surface area contributed by atoms with Crippen LogP contribution in [0.15, 0.2) is 35.6 Å². The highest BCUT2D eigenvalue weighted by molar-refractivity contribution is 7.91. The van der Waals surface area contributed by atoms with E-state index in [-0.39, 0.29) is 17.7 Å². The molecule has 1 atom stereocenters. The highest BCUT2D eigenvalue weighted by Gasteiger charge is 2.26. The lowest BCUT2D eigenvalue weighted by Gasteiger charge is -2.26. The van der Waals surface area contributed by atoms with Gasteiger partial charge in [0, 0.05) is 0 Å². The third-order valence-electron chi connectivity index (χ3n) is 4.27. The van der Waals surface area contributed by atoms with Crippen LogP contribution in [0.5, 0.6) is 0 Å². The molecular formula is C17H20ClN3O2S. The number of sulfone groups is 1. The van der Waals surface area contributed by atoms with Crippen LogP contribution < -0.4 is 5.32 Å². The molecule has 0 spiro atoms. The molecule has 2 heterocycles. The van der Waals surface area contributed by atoms with Crippen LogP contribution >= 0.6 is 11.6 Å². The van der Waals surface area contributed by atoms with Crippen LogP contribution in [0.2, 0.25) is 5.02 Å². The summed E-state index contributed by atoms with van der Waals surface area (Å²) in [4.78, 5) is 8.52. The molecule has 1 aromatic carbocycles. The van der Waals surface area contributed by atoms with Crippen LogP contribution in [0.3, 0.4) is 0 Å². The minimum Gasteiger partial charge on any atom is -0.362 e. The van der Waals surface area contributed by atoms with Gasteiger partial charge in [0.2, 0.25) is 0 Å². The largest absolute Gasteiger partial charge is 0.362 e. The quantitative estimate of drug-likeness (QED) is 0.895. The molecule has 0 unspecified atom stereocenters. The summed E-state index contributed by atoms with van der Waals surface area (Å²) in [5, 5.41) is 3.76. The van der Waals surface area contributed by atoms with Gasteiger partial charge in [-0.3, -0.25) is 0 Å². The van der Waals surface area contributed by atoms with Gasteiger partial charge in [0.25, 0.3) is 0 Å². The van der Waals surface area contributed by atoms with Crippen molar-refractivity contribution in [2.45, 2.75) is 37.6 Å². The van der Waals surface area contributed by atoms with Crippen LogP contribution in [-0.2, 0) is 16.3 Å².